The van der Waals surface area contributed by atoms with Gasteiger partial charge >= 0.3 is 0 Å². The molecule has 0 spiro atoms. The van der Waals surface area contributed by atoms with Crippen LogP contribution in [0.2, 0.25) is 0 Å². The van der Waals surface area contributed by atoms with Gasteiger partial charge in [-0.2, -0.15) is 10.5 Å². The van der Waals surface area contributed by atoms with Crippen molar-refractivity contribution in [3.05, 3.63) is 71.8 Å². The molecule has 0 bridgehead atoms. The number of hydroxylamine groups is 2. The Hall–Kier alpha value is -4.41. The molecule has 10 nitrogen and oxygen atoms in total. The Labute approximate surface area is 213 Å². The highest BCUT2D eigenvalue weighted by atomic mass is 19.1. The summed E-state index contributed by atoms with van der Waals surface area (Å²) in [6, 6.07) is 8.10. The topological polar surface area (TPSA) is 101 Å². The number of nitrogens with zero attached hydrogens (tertiary/aromatic N) is 3. The standard InChI is InChI=1S/C26H28FN5O5/c1-33-21-13-16(14-22(34-2)25(21)35-3)24-26(32-23(31(24)30-28)9-6-12-36-32)29-17-10-11-19(27)20(15-17)37-18-7-4-5-8-18/h6,9-15,18,28-29H,4-5,7-8H2,1-3H3. The highest BCUT2D eigenvalue weighted by Crippen LogP contribution is 2.46. The van der Waals surface area contributed by atoms with Crippen LogP contribution in [0.4, 0.5) is 10.1 Å². The van der Waals surface area contributed by atoms with Crippen LogP contribution in [-0.4, -0.2) is 37.5 Å². The molecule has 2 aliphatic heterocycles. The number of methoxy groups -OCH3 is 3. The van der Waals surface area contributed by atoms with E-state index in [-0.39, 0.29) is 11.9 Å². The number of anilines is 1. The maximum absolute atomic E-state index is 14.6. The molecule has 37 heavy (non-hydrogen) atoms. The van der Waals surface area contributed by atoms with Crippen molar-refractivity contribution in [1.82, 2.24) is 10.1 Å². The zero-order valence-corrected chi connectivity index (χ0v) is 20.8. The van der Waals surface area contributed by atoms with Crippen LogP contribution in [-0.2, 0) is 4.84 Å². The first-order valence-electron chi connectivity index (χ1n) is 11.9. The van der Waals surface area contributed by atoms with E-state index in [0.717, 1.165) is 25.7 Å². The third kappa shape index (κ3) is 4.48. The summed E-state index contributed by atoms with van der Waals surface area (Å²) >= 11 is 0. The second-order valence-corrected chi connectivity index (χ2v) is 8.57. The highest BCUT2D eigenvalue weighted by molar-refractivity contribution is 5.77. The lowest BCUT2D eigenvalue weighted by atomic mass is 10.1. The minimum atomic E-state index is -0.428. The van der Waals surface area contributed by atoms with E-state index in [9.17, 15) is 4.39 Å². The number of hydrogen-bond donors (Lipinski definition) is 2. The molecule has 0 radical (unpaired) electrons. The molecule has 0 amide bonds. The van der Waals surface area contributed by atoms with Gasteiger partial charge in [0, 0.05) is 17.3 Å². The first kappa shape index (κ1) is 24.3. The van der Waals surface area contributed by atoms with Crippen LogP contribution < -0.4 is 24.3 Å². The van der Waals surface area contributed by atoms with Gasteiger partial charge in [-0.25, -0.2) is 4.39 Å². The van der Waals surface area contributed by atoms with Crippen LogP contribution in [0.15, 0.2) is 65.6 Å². The summed E-state index contributed by atoms with van der Waals surface area (Å²) in [5, 5.41) is 9.96. The van der Waals surface area contributed by atoms with E-state index >= 15 is 0 Å². The van der Waals surface area contributed by atoms with Crippen molar-refractivity contribution < 1.29 is 28.2 Å². The SMILES string of the molecule is COc1cc(C2=C(Nc3ccc(F)c(OC4CCCC4)c3)N3OC=CC=C3N2N=N)cc(OC)c1OC. The minimum Gasteiger partial charge on any atom is -0.493 e. The number of nitrogens with one attached hydrogen (secondary N) is 2. The molecule has 1 fully saturated rings. The van der Waals surface area contributed by atoms with Crippen LogP contribution in [0, 0.1) is 11.3 Å². The Kier molecular flexibility index (Phi) is 6.76. The predicted octanol–water partition coefficient (Wildman–Crippen LogP) is 5.77. The van der Waals surface area contributed by atoms with Gasteiger partial charge in [0.05, 0.1) is 27.4 Å². The number of benzene rings is 2. The second-order valence-electron chi connectivity index (χ2n) is 8.57. The number of rotatable bonds is 9. The third-order valence-corrected chi connectivity index (χ3v) is 6.38. The van der Waals surface area contributed by atoms with Crippen molar-refractivity contribution in [2.45, 2.75) is 31.8 Å². The Morgan fingerprint density at radius 3 is 2.41 bits per heavy atom. The molecule has 3 aliphatic rings. The number of halogens is 1. The van der Waals surface area contributed by atoms with Gasteiger partial charge in [-0.1, -0.05) is 5.22 Å². The van der Waals surface area contributed by atoms with Gasteiger partial charge in [0.15, 0.2) is 34.7 Å². The lowest BCUT2D eigenvalue weighted by molar-refractivity contribution is -0.0462. The summed E-state index contributed by atoms with van der Waals surface area (Å²) in [6.07, 6.45) is 8.95. The fraction of sp³-hybridized carbons (Fsp3) is 0.308. The van der Waals surface area contributed by atoms with Crippen molar-refractivity contribution in [2.24, 2.45) is 5.22 Å². The molecular weight excluding hydrogens is 481 g/mol. The van der Waals surface area contributed by atoms with E-state index in [1.54, 1.807) is 36.4 Å². The van der Waals surface area contributed by atoms with Crippen molar-refractivity contribution >= 4 is 11.4 Å². The van der Waals surface area contributed by atoms with Crippen molar-refractivity contribution in [2.75, 3.05) is 26.6 Å². The summed E-state index contributed by atoms with van der Waals surface area (Å²) in [7, 11) is 4.58. The van der Waals surface area contributed by atoms with Crippen LogP contribution in [0.1, 0.15) is 31.2 Å². The average molecular weight is 510 g/mol. The van der Waals surface area contributed by atoms with Crippen LogP contribution in [0.3, 0.4) is 0 Å². The van der Waals surface area contributed by atoms with E-state index in [0.29, 0.717) is 45.8 Å². The first-order valence-corrected chi connectivity index (χ1v) is 11.9. The van der Waals surface area contributed by atoms with E-state index in [4.69, 9.17) is 29.3 Å². The molecule has 2 heterocycles. The number of ether oxygens (including phenoxy) is 4. The smallest absolute Gasteiger partial charge is 0.203 e. The molecule has 0 unspecified atom stereocenters. The van der Waals surface area contributed by atoms with Crippen LogP contribution in [0.5, 0.6) is 23.0 Å². The van der Waals surface area contributed by atoms with Gasteiger partial charge in [-0.05, 0) is 62.1 Å². The zero-order valence-electron chi connectivity index (χ0n) is 20.8. The number of allylic oxidation sites excluding steroid dienone is 2. The Bertz CT molecular complexity index is 1260. The average Bonchev–Trinajstić information content (AvgIpc) is 3.55. The molecule has 2 aromatic rings. The monoisotopic (exact) mass is 509 g/mol. The zero-order chi connectivity index (χ0) is 25.9. The van der Waals surface area contributed by atoms with Gasteiger partial charge in [0.2, 0.25) is 5.75 Å². The second kappa shape index (κ2) is 10.3. The van der Waals surface area contributed by atoms with Crippen molar-refractivity contribution in [3.8, 4) is 23.0 Å². The quantitative estimate of drug-likeness (QED) is 0.411. The highest BCUT2D eigenvalue weighted by Gasteiger charge is 2.39. The Balaban J connectivity index is 1.60. The summed E-state index contributed by atoms with van der Waals surface area (Å²) in [6.45, 7) is 0. The van der Waals surface area contributed by atoms with Crippen LogP contribution >= 0.6 is 0 Å². The van der Waals surface area contributed by atoms with E-state index < -0.39 is 5.82 Å². The predicted molar refractivity (Wildman–Crippen MR) is 133 cm³/mol. The minimum absolute atomic E-state index is 0.00735. The lowest BCUT2D eigenvalue weighted by Gasteiger charge is -2.24. The van der Waals surface area contributed by atoms with Gasteiger partial charge in [0.1, 0.15) is 12.0 Å². The molecule has 0 saturated heterocycles. The molecule has 1 saturated carbocycles. The summed E-state index contributed by atoms with van der Waals surface area (Å²) in [4.78, 5) is 5.78. The Morgan fingerprint density at radius 2 is 1.76 bits per heavy atom. The maximum atomic E-state index is 14.6. The number of fused-ring (bicyclic) bond motifs is 1. The molecule has 0 atom stereocenters. The van der Waals surface area contributed by atoms with E-state index in [1.807, 2.05) is 0 Å². The normalized spacial score (nSPS) is 16.8. The molecule has 1 aliphatic carbocycles. The van der Waals surface area contributed by atoms with Gasteiger partial charge in [-0.15, -0.1) is 5.06 Å². The maximum Gasteiger partial charge on any atom is 0.203 e. The fourth-order valence-electron chi connectivity index (χ4n) is 4.66. The van der Waals surface area contributed by atoms with E-state index in [2.05, 4.69) is 10.5 Å². The van der Waals surface area contributed by atoms with Crippen molar-refractivity contribution in [1.29, 1.82) is 5.53 Å². The van der Waals surface area contributed by atoms with Crippen LogP contribution in [0.25, 0.3) is 5.70 Å². The summed E-state index contributed by atoms with van der Waals surface area (Å²) < 4.78 is 37.1. The van der Waals surface area contributed by atoms with E-state index in [1.165, 1.54) is 43.7 Å². The summed E-state index contributed by atoms with van der Waals surface area (Å²) in [5.41, 5.74) is 9.57. The number of hydrogen-bond acceptors (Lipinski definition) is 9. The third-order valence-electron chi connectivity index (χ3n) is 6.38. The van der Waals surface area contributed by atoms with Gasteiger partial charge in [0.25, 0.3) is 0 Å². The van der Waals surface area contributed by atoms with Gasteiger partial charge in [-0.3, -0.25) is 0 Å². The molecule has 5 rings (SSSR count). The molecule has 194 valence electrons. The first-order chi connectivity index (χ1) is 18.1. The fourth-order valence-corrected chi connectivity index (χ4v) is 4.66. The molecule has 0 aromatic heterocycles. The molecule has 11 heteroatoms. The summed E-state index contributed by atoms with van der Waals surface area (Å²) in [5.74, 6) is 1.97. The largest absolute Gasteiger partial charge is 0.493 e. The van der Waals surface area contributed by atoms with Crippen molar-refractivity contribution in [3.63, 3.8) is 0 Å². The molecule has 2 aromatic carbocycles. The Morgan fingerprint density at radius 1 is 1.03 bits per heavy atom. The molecular formula is C26H28FN5O5. The molecule has 2 N–H and O–H groups in total. The lowest BCUT2D eigenvalue weighted by Crippen LogP contribution is -2.25. The van der Waals surface area contributed by atoms with Gasteiger partial charge < -0.3 is 29.1 Å².